The predicted octanol–water partition coefficient (Wildman–Crippen LogP) is 2.84. The predicted molar refractivity (Wildman–Crippen MR) is 72.5 cm³/mol. The number of halogens is 4. The minimum Gasteiger partial charge on any atom is -0.466 e. The van der Waals surface area contributed by atoms with E-state index in [1.165, 1.54) is 6.92 Å². The highest BCUT2D eigenvalue weighted by molar-refractivity contribution is 7.04. The molecule has 0 bridgehead atoms. The first-order valence-electron chi connectivity index (χ1n) is 6.68. The Bertz CT molecular complexity index is 648. The zero-order valence-corrected chi connectivity index (χ0v) is 12.9. The number of nitrogens with zero attached hydrogens (tertiary/aromatic N) is 1. The van der Waals surface area contributed by atoms with Crippen molar-refractivity contribution in [3.05, 3.63) is 29.3 Å². The molecule has 5 nitrogen and oxygen atoms in total. The molecule has 2 atom stereocenters. The smallest absolute Gasteiger partial charge is 0.355 e. The van der Waals surface area contributed by atoms with E-state index in [9.17, 15) is 27.2 Å². The molecule has 1 aromatic carbocycles. The highest BCUT2D eigenvalue weighted by Gasteiger charge is 2.36. The van der Waals surface area contributed by atoms with E-state index in [0.717, 1.165) is 7.11 Å². The second kappa shape index (κ2) is 8.01. The molecule has 0 saturated heterocycles. The van der Waals surface area contributed by atoms with Gasteiger partial charge in [-0.05, 0) is 15.4 Å². The van der Waals surface area contributed by atoms with Crippen LogP contribution in [0, 0.1) is 23.3 Å². The van der Waals surface area contributed by atoms with Crippen LogP contribution < -0.4 is 4.74 Å². The van der Waals surface area contributed by atoms with Gasteiger partial charge in [-0.2, -0.15) is 8.78 Å². The molecule has 1 rings (SSSR count). The van der Waals surface area contributed by atoms with Crippen molar-refractivity contribution >= 4 is 20.7 Å². The fraction of sp³-hybridized carbons (Fsp3) is 0.385. The summed E-state index contributed by atoms with van der Waals surface area (Å²) in [5.74, 6) is -11.3. The summed E-state index contributed by atoms with van der Waals surface area (Å²) in [6, 6.07) is -1.24. The summed E-state index contributed by atoms with van der Waals surface area (Å²) in [6.07, 6.45) is -2.14. The van der Waals surface area contributed by atoms with Gasteiger partial charge in [-0.1, -0.05) is 6.92 Å². The maximum Gasteiger partial charge on any atom is 0.355 e. The van der Waals surface area contributed by atoms with Gasteiger partial charge < -0.3 is 9.47 Å². The average Bonchev–Trinajstić information content (AvgIpc) is 2.57. The summed E-state index contributed by atoms with van der Waals surface area (Å²) in [5.41, 5.74) is 0. The summed E-state index contributed by atoms with van der Waals surface area (Å²) >= 11 is 0. The second-order valence-electron chi connectivity index (χ2n) is 4.26. The molecule has 0 aliphatic carbocycles. The lowest BCUT2D eigenvalue weighted by atomic mass is 10.1. The minimum absolute atomic E-state index is 0.0460. The maximum absolute atomic E-state index is 13.6. The number of rotatable bonds is 7. The van der Waals surface area contributed by atoms with Crippen LogP contribution >= 0.6 is 8.98 Å². The van der Waals surface area contributed by atoms with Crippen molar-refractivity contribution in [2.24, 2.45) is 4.74 Å². The van der Waals surface area contributed by atoms with E-state index >= 15 is 0 Å². The SMILES string of the molecule is [2H]P=N[C@@H](CC)C(=O)C(Oc1c(F)c(F)cc(F)c1F)C(=O)OC. The number of ketones is 1. The molecule has 0 N–H and O–H groups in total. The zero-order chi connectivity index (χ0) is 18.4. The maximum atomic E-state index is 13.6. The molecule has 0 radical (unpaired) electrons. The third-order valence-corrected chi connectivity index (χ3v) is 3.11. The van der Waals surface area contributed by atoms with Crippen LogP contribution in [-0.4, -0.2) is 32.3 Å². The minimum atomic E-state index is -2.20. The van der Waals surface area contributed by atoms with Crippen LogP contribution in [0.2, 0.25) is 0 Å². The number of methoxy groups -OCH3 is 1. The topological polar surface area (TPSA) is 65.0 Å². The Hall–Kier alpha value is -2.02. The Morgan fingerprint density at radius 2 is 1.87 bits per heavy atom. The van der Waals surface area contributed by atoms with E-state index in [1.807, 2.05) is 0 Å². The fourth-order valence-corrected chi connectivity index (χ4v) is 1.89. The molecule has 23 heavy (non-hydrogen) atoms. The Labute approximate surface area is 132 Å². The Balaban J connectivity index is 3.31. The Morgan fingerprint density at radius 3 is 2.30 bits per heavy atom. The van der Waals surface area contributed by atoms with Gasteiger partial charge in [0.1, 0.15) is 7.32 Å². The van der Waals surface area contributed by atoms with Gasteiger partial charge in [0.15, 0.2) is 17.4 Å². The average molecular weight is 354 g/mol. The van der Waals surface area contributed by atoms with Gasteiger partial charge in [0.05, 0.1) is 7.11 Å². The van der Waals surface area contributed by atoms with Crippen molar-refractivity contribution < 1.29 is 36.6 Å². The van der Waals surface area contributed by atoms with Gasteiger partial charge >= 0.3 is 5.97 Å². The molecule has 0 spiro atoms. The zero-order valence-electron chi connectivity index (χ0n) is 13.0. The van der Waals surface area contributed by atoms with Gasteiger partial charge in [-0.3, -0.25) is 9.54 Å². The molecule has 0 aliphatic rings. The lowest BCUT2D eigenvalue weighted by molar-refractivity contribution is -0.154. The Morgan fingerprint density at radius 1 is 1.30 bits per heavy atom. The summed E-state index contributed by atoms with van der Waals surface area (Å²) < 4.78 is 73.1. The van der Waals surface area contributed by atoms with Crippen molar-refractivity contribution in [3.8, 4) is 5.75 Å². The molecule has 0 fully saturated rings. The number of hydrogen-bond acceptors (Lipinski definition) is 5. The first-order chi connectivity index (χ1) is 11.3. The van der Waals surface area contributed by atoms with Gasteiger partial charge in [-0.15, -0.1) is 0 Å². The lowest BCUT2D eigenvalue weighted by Gasteiger charge is -2.19. The summed E-state index contributed by atoms with van der Waals surface area (Å²) in [7, 11) is 0.609. The third-order valence-electron chi connectivity index (χ3n) is 2.84. The van der Waals surface area contributed by atoms with E-state index in [-0.39, 0.29) is 21.5 Å². The lowest BCUT2D eigenvalue weighted by Crippen LogP contribution is -2.42. The number of benzene rings is 1. The number of hydrogen-bond donors (Lipinski definition) is 0. The van der Waals surface area contributed by atoms with Crippen LogP contribution in [-0.2, 0) is 14.3 Å². The number of esters is 1. The molecule has 0 saturated carbocycles. The fourth-order valence-electron chi connectivity index (χ4n) is 1.62. The molecule has 0 heterocycles. The van der Waals surface area contributed by atoms with Crippen LogP contribution in [0.5, 0.6) is 5.75 Å². The normalized spacial score (nSPS) is 14.3. The standard InChI is InChI=1S/C13H12F4NO4P/c1-3-7(18-23)10(19)12(13(20)21-2)22-11-8(16)5(14)4-6(15)9(11)17/h4,7,12,23H,3H2,1-2H3/t7-,12?/m0/s1/i23D. The molecule has 1 unspecified atom stereocenters. The van der Waals surface area contributed by atoms with E-state index in [2.05, 4.69) is 14.2 Å². The third kappa shape index (κ3) is 4.04. The molecular formula is C13H12F4NO4P. The van der Waals surface area contributed by atoms with Crippen LogP contribution in [0.15, 0.2) is 10.8 Å². The molecule has 10 heteroatoms. The monoisotopic (exact) mass is 354 g/mol. The van der Waals surface area contributed by atoms with Crippen molar-refractivity contribution in [2.45, 2.75) is 25.5 Å². The van der Waals surface area contributed by atoms with Crippen molar-refractivity contribution in [1.82, 2.24) is 0 Å². The Kier molecular flexibility index (Phi) is 6.04. The first kappa shape index (κ1) is 17.3. The molecule has 126 valence electrons. The van der Waals surface area contributed by atoms with E-state index < -0.39 is 52.9 Å². The summed E-state index contributed by atoms with van der Waals surface area (Å²) in [4.78, 5) is 23.9. The molecule has 0 amide bonds. The molecule has 0 aromatic heterocycles. The number of ether oxygens (including phenoxy) is 2. The van der Waals surface area contributed by atoms with Gasteiger partial charge in [0.25, 0.3) is 6.10 Å². The van der Waals surface area contributed by atoms with Crippen LogP contribution in [0.25, 0.3) is 0 Å². The molecule has 1 aromatic rings. The van der Waals surface area contributed by atoms with Gasteiger partial charge in [-0.25, -0.2) is 13.6 Å². The number of Topliss-reactive ketones (excluding diaryl/α,β-unsaturated/α-hetero) is 1. The first-order valence-corrected chi connectivity index (χ1v) is 6.63. The van der Waals surface area contributed by atoms with Crippen molar-refractivity contribution in [3.63, 3.8) is 0 Å². The number of carbonyl (C=O) groups is 2. The highest BCUT2D eigenvalue weighted by atomic mass is 31.0. The highest BCUT2D eigenvalue weighted by Crippen LogP contribution is 2.28. The molecular weight excluding hydrogens is 341 g/mol. The second-order valence-corrected chi connectivity index (χ2v) is 4.49. The quantitative estimate of drug-likeness (QED) is 0.248. The summed E-state index contributed by atoms with van der Waals surface area (Å²) in [6.45, 7) is 1.51. The largest absolute Gasteiger partial charge is 0.466 e. The van der Waals surface area contributed by atoms with Crippen LogP contribution in [0.4, 0.5) is 17.6 Å². The van der Waals surface area contributed by atoms with E-state index in [4.69, 9.17) is 1.28 Å². The number of carbonyl (C=O) groups excluding carboxylic acids is 2. The molecule has 0 aliphatic heterocycles. The van der Waals surface area contributed by atoms with Crippen LogP contribution in [0.3, 0.4) is 0 Å². The van der Waals surface area contributed by atoms with Crippen molar-refractivity contribution in [2.75, 3.05) is 7.11 Å². The van der Waals surface area contributed by atoms with Gasteiger partial charge in [0, 0.05) is 6.07 Å². The van der Waals surface area contributed by atoms with Crippen LogP contribution in [0.1, 0.15) is 13.3 Å². The van der Waals surface area contributed by atoms with E-state index in [1.54, 1.807) is 0 Å². The van der Waals surface area contributed by atoms with Gasteiger partial charge in [0.2, 0.25) is 17.4 Å². The van der Waals surface area contributed by atoms with E-state index in [0.29, 0.717) is 0 Å². The summed E-state index contributed by atoms with van der Waals surface area (Å²) in [5, 5.41) is 0. The van der Waals surface area contributed by atoms with Crippen molar-refractivity contribution in [1.29, 1.82) is 1.28 Å².